The Morgan fingerprint density at radius 3 is 2.95 bits per heavy atom. The van der Waals surface area contributed by atoms with Gasteiger partial charge in [0, 0.05) is 6.42 Å². The Labute approximate surface area is 108 Å². The minimum Gasteiger partial charge on any atom is -0.318 e. The lowest BCUT2D eigenvalue weighted by Crippen LogP contribution is -2.41. The molecule has 1 aliphatic heterocycles. The number of imide groups is 1. The van der Waals surface area contributed by atoms with Crippen LogP contribution in [0, 0.1) is 12.7 Å². The molecule has 6 heteroatoms. The summed E-state index contributed by atoms with van der Waals surface area (Å²) >= 11 is 0. The summed E-state index contributed by atoms with van der Waals surface area (Å²) in [7, 11) is 0. The van der Waals surface area contributed by atoms with Crippen LogP contribution in [0.25, 0.3) is 11.0 Å². The van der Waals surface area contributed by atoms with Crippen molar-refractivity contribution in [3.8, 4) is 0 Å². The van der Waals surface area contributed by atoms with Gasteiger partial charge in [-0.05, 0) is 31.0 Å². The van der Waals surface area contributed by atoms with E-state index in [-0.39, 0.29) is 24.1 Å². The molecule has 19 heavy (non-hydrogen) atoms. The molecule has 2 heterocycles. The zero-order valence-electron chi connectivity index (χ0n) is 10.3. The van der Waals surface area contributed by atoms with E-state index in [1.165, 1.54) is 18.5 Å². The average molecular weight is 261 g/mol. The molecule has 1 saturated heterocycles. The molecular weight excluding hydrogens is 249 g/mol. The van der Waals surface area contributed by atoms with E-state index in [2.05, 4.69) is 10.3 Å². The van der Waals surface area contributed by atoms with E-state index in [9.17, 15) is 14.0 Å². The van der Waals surface area contributed by atoms with Crippen molar-refractivity contribution in [2.45, 2.75) is 25.8 Å². The largest absolute Gasteiger partial charge is 0.318 e. The second-order valence-corrected chi connectivity index (χ2v) is 4.71. The molecule has 1 aromatic carbocycles. The van der Waals surface area contributed by atoms with E-state index >= 15 is 0 Å². The van der Waals surface area contributed by atoms with Crippen LogP contribution in [0.2, 0.25) is 0 Å². The Hall–Kier alpha value is -2.24. The molecule has 2 amide bonds. The van der Waals surface area contributed by atoms with E-state index in [4.69, 9.17) is 0 Å². The highest BCUT2D eigenvalue weighted by Gasteiger charge is 2.29. The van der Waals surface area contributed by atoms with Crippen LogP contribution in [0.1, 0.15) is 24.4 Å². The molecule has 5 nitrogen and oxygen atoms in total. The highest BCUT2D eigenvalue weighted by atomic mass is 19.1. The fourth-order valence-corrected chi connectivity index (χ4v) is 2.46. The number of nitrogens with one attached hydrogen (secondary N) is 1. The number of nitrogens with zero attached hydrogens (tertiary/aromatic N) is 2. The van der Waals surface area contributed by atoms with E-state index in [1.54, 1.807) is 11.5 Å². The number of imidazole rings is 1. The fourth-order valence-electron chi connectivity index (χ4n) is 2.46. The Bertz CT molecular complexity index is 692. The number of carbonyl (C=O) groups excluding carboxylic acids is 2. The van der Waals surface area contributed by atoms with Crippen molar-refractivity contribution in [1.82, 2.24) is 14.9 Å². The van der Waals surface area contributed by atoms with Crippen molar-refractivity contribution in [1.29, 1.82) is 0 Å². The SMILES string of the molecule is Cc1cc(F)cc2c1ncn2C1CCC(=O)NC1=O. The topological polar surface area (TPSA) is 64.0 Å². The Kier molecular flexibility index (Phi) is 2.58. The number of aryl methyl sites for hydroxylation is 1. The maximum Gasteiger partial charge on any atom is 0.249 e. The lowest BCUT2D eigenvalue weighted by Gasteiger charge is -2.22. The predicted molar refractivity (Wildman–Crippen MR) is 65.8 cm³/mol. The number of rotatable bonds is 1. The minimum atomic E-state index is -0.510. The van der Waals surface area contributed by atoms with E-state index < -0.39 is 6.04 Å². The van der Waals surface area contributed by atoms with Crippen LogP contribution in [0.5, 0.6) is 0 Å². The summed E-state index contributed by atoms with van der Waals surface area (Å²) in [6, 6.07) is 2.26. The van der Waals surface area contributed by atoms with Crippen LogP contribution < -0.4 is 5.32 Å². The van der Waals surface area contributed by atoms with Gasteiger partial charge in [0.05, 0.1) is 17.4 Å². The van der Waals surface area contributed by atoms with Crippen LogP contribution in [0.15, 0.2) is 18.5 Å². The first-order chi connectivity index (χ1) is 9.06. The number of benzene rings is 1. The van der Waals surface area contributed by atoms with Gasteiger partial charge in [0.15, 0.2) is 0 Å². The van der Waals surface area contributed by atoms with Gasteiger partial charge < -0.3 is 4.57 Å². The smallest absolute Gasteiger partial charge is 0.249 e. The van der Waals surface area contributed by atoms with Gasteiger partial charge in [0.25, 0.3) is 0 Å². The number of fused-ring (bicyclic) bond motifs is 1. The van der Waals surface area contributed by atoms with Gasteiger partial charge in [0.2, 0.25) is 11.8 Å². The predicted octanol–water partition coefficient (Wildman–Crippen LogP) is 1.46. The van der Waals surface area contributed by atoms with E-state index in [0.29, 0.717) is 17.5 Å². The monoisotopic (exact) mass is 261 g/mol. The van der Waals surface area contributed by atoms with Gasteiger partial charge in [-0.3, -0.25) is 14.9 Å². The molecule has 0 radical (unpaired) electrons. The summed E-state index contributed by atoms with van der Waals surface area (Å²) in [6.45, 7) is 1.77. The van der Waals surface area contributed by atoms with Gasteiger partial charge >= 0.3 is 0 Å². The van der Waals surface area contributed by atoms with Crippen molar-refractivity contribution < 1.29 is 14.0 Å². The third kappa shape index (κ3) is 1.89. The van der Waals surface area contributed by atoms with Crippen molar-refractivity contribution in [2.24, 2.45) is 0 Å². The van der Waals surface area contributed by atoms with Crippen LogP contribution in [-0.4, -0.2) is 21.4 Å². The van der Waals surface area contributed by atoms with Gasteiger partial charge in [0.1, 0.15) is 11.9 Å². The summed E-state index contributed by atoms with van der Waals surface area (Å²) in [6.07, 6.45) is 2.22. The highest BCUT2D eigenvalue weighted by molar-refractivity contribution is 6.00. The van der Waals surface area contributed by atoms with Gasteiger partial charge in [-0.1, -0.05) is 0 Å². The maximum absolute atomic E-state index is 13.5. The molecule has 0 spiro atoms. The molecule has 98 valence electrons. The zero-order valence-corrected chi connectivity index (χ0v) is 10.3. The van der Waals surface area contributed by atoms with Gasteiger partial charge in [-0.2, -0.15) is 0 Å². The normalized spacial score (nSPS) is 19.8. The van der Waals surface area contributed by atoms with Crippen LogP contribution in [0.4, 0.5) is 4.39 Å². The molecule has 0 bridgehead atoms. The van der Waals surface area contributed by atoms with Gasteiger partial charge in [-0.15, -0.1) is 0 Å². The Balaban J connectivity index is 2.11. The lowest BCUT2D eigenvalue weighted by atomic mass is 10.1. The first-order valence-electron chi connectivity index (χ1n) is 6.02. The molecule has 2 aromatic rings. The molecule has 1 N–H and O–H groups in total. The molecule has 0 aliphatic carbocycles. The molecule has 1 unspecified atom stereocenters. The third-order valence-electron chi connectivity index (χ3n) is 3.38. The standard InChI is InChI=1S/C13H12FN3O2/c1-7-4-8(14)5-10-12(7)15-6-17(10)9-2-3-11(18)16-13(9)19/h4-6,9H,2-3H2,1H3,(H,16,18,19). The van der Waals surface area contributed by atoms with Crippen molar-refractivity contribution in [2.75, 3.05) is 0 Å². The summed E-state index contributed by atoms with van der Waals surface area (Å²) in [5, 5.41) is 2.29. The molecular formula is C13H12FN3O2. The summed E-state index contributed by atoms with van der Waals surface area (Å²) < 4.78 is 15.1. The third-order valence-corrected chi connectivity index (χ3v) is 3.38. The molecule has 3 rings (SSSR count). The number of carbonyl (C=O) groups is 2. The summed E-state index contributed by atoms with van der Waals surface area (Å²) in [4.78, 5) is 27.2. The number of hydrogen-bond donors (Lipinski definition) is 1. The Morgan fingerprint density at radius 2 is 2.21 bits per heavy atom. The highest BCUT2D eigenvalue weighted by Crippen LogP contribution is 2.26. The van der Waals surface area contributed by atoms with Crippen LogP contribution in [-0.2, 0) is 9.59 Å². The van der Waals surface area contributed by atoms with Crippen LogP contribution in [0.3, 0.4) is 0 Å². The number of piperidine rings is 1. The number of halogens is 1. The second kappa shape index (κ2) is 4.15. The van der Waals surface area contributed by atoms with Gasteiger partial charge in [-0.25, -0.2) is 9.37 Å². The lowest BCUT2D eigenvalue weighted by molar-refractivity contribution is -0.135. The molecule has 1 aromatic heterocycles. The molecule has 1 fully saturated rings. The van der Waals surface area contributed by atoms with Crippen molar-refractivity contribution >= 4 is 22.8 Å². The summed E-state index contributed by atoms with van der Waals surface area (Å²) in [5.74, 6) is -0.996. The van der Waals surface area contributed by atoms with Crippen LogP contribution >= 0.6 is 0 Å². The Morgan fingerprint density at radius 1 is 1.42 bits per heavy atom. The number of hydrogen-bond acceptors (Lipinski definition) is 3. The van der Waals surface area contributed by atoms with E-state index in [1.807, 2.05) is 0 Å². The first kappa shape index (κ1) is 11.8. The van der Waals surface area contributed by atoms with E-state index in [0.717, 1.165) is 5.56 Å². The maximum atomic E-state index is 13.5. The second-order valence-electron chi connectivity index (χ2n) is 4.71. The minimum absolute atomic E-state index is 0.270. The molecule has 1 atom stereocenters. The summed E-state index contributed by atoms with van der Waals surface area (Å²) in [5.41, 5.74) is 1.97. The van der Waals surface area contributed by atoms with Crippen molar-refractivity contribution in [3.63, 3.8) is 0 Å². The average Bonchev–Trinajstić information content (AvgIpc) is 2.73. The quantitative estimate of drug-likeness (QED) is 0.790. The fraction of sp³-hybridized carbons (Fsp3) is 0.308. The first-order valence-corrected chi connectivity index (χ1v) is 6.02. The van der Waals surface area contributed by atoms with Crippen molar-refractivity contribution in [3.05, 3.63) is 29.8 Å². The number of amides is 2. The number of aromatic nitrogens is 2. The zero-order chi connectivity index (χ0) is 13.6. The molecule has 1 aliphatic rings. The molecule has 0 saturated carbocycles.